The minimum atomic E-state index is 0.638. The van der Waals surface area contributed by atoms with Gasteiger partial charge in [0.25, 0.3) is 0 Å². The van der Waals surface area contributed by atoms with Crippen LogP contribution in [0.2, 0.25) is 0 Å². The molecule has 0 radical (unpaired) electrons. The summed E-state index contributed by atoms with van der Waals surface area (Å²) in [6.45, 7) is 8.80. The number of aromatic nitrogens is 1. The van der Waals surface area contributed by atoms with Crippen molar-refractivity contribution in [1.82, 2.24) is 15.8 Å². The van der Waals surface area contributed by atoms with E-state index in [1.54, 1.807) is 14.2 Å². The molecule has 2 aromatic rings. The van der Waals surface area contributed by atoms with Gasteiger partial charge in [0.2, 0.25) is 0 Å². The highest BCUT2D eigenvalue weighted by Gasteiger charge is 2.09. The van der Waals surface area contributed by atoms with Crippen molar-refractivity contribution in [2.75, 3.05) is 33.9 Å². The lowest BCUT2D eigenvalue weighted by molar-refractivity contribution is 0.171. The van der Waals surface area contributed by atoms with E-state index in [2.05, 4.69) is 45.9 Å². The molecule has 29 heavy (non-hydrogen) atoms. The average Bonchev–Trinajstić information content (AvgIpc) is 3.03. The summed E-state index contributed by atoms with van der Waals surface area (Å²) in [5.41, 5.74) is 4.45. The quantitative estimate of drug-likeness (QED) is 0.341. The van der Waals surface area contributed by atoms with Gasteiger partial charge in [-0.15, -0.1) is 0 Å². The molecule has 0 bridgehead atoms. The van der Waals surface area contributed by atoms with Crippen LogP contribution in [0.15, 0.2) is 27.7 Å². The normalized spacial score (nSPS) is 11.6. The molecule has 0 aliphatic heterocycles. The maximum absolute atomic E-state index is 5.95. The Morgan fingerprint density at radius 3 is 2.66 bits per heavy atom. The van der Waals surface area contributed by atoms with Crippen molar-refractivity contribution in [2.24, 2.45) is 4.99 Å². The predicted molar refractivity (Wildman–Crippen MR) is 116 cm³/mol. The average molecular weight is 403 g/mol. The Labute approximate surface area is 173 Å². The van der Waals surface area contributed by atoms with Gasteiger partial charge in [0.1, 0.15) is 11.5 Å². The third-order valence-corrected chi connectivity index (χ3v) is 4.72. The minimum Gasteiger partial charge on any atom is -0.493 e. The molecule has 0 unspecified atom stereocenters. The van der Waals surface area contributed by atoms with Crippen molar-refractivity contribution in [3.63, 3.8) is 0 Å². The van der Waals surface area contributed by atoms with Gasteiger partial charge in [-0.25, -0.2) is 0 Å². The van der Waals surface area contributed by atoms with E-state index in [1.165, 1.54) is 11.1 Å². The lowest BCUT2D eigenvalue weighted by atomic mass is 10.1. The number of hydrogen-bond acceptors (Lipinski definition) is 5. The Hall–Kier alpha value is -2.54. The second-order valence-corrected chi connectivity index (χ2v) is 7.06. The summed E-state index contributed by atoms with van der Waals surface area (Å²) in [6, 6.07) is 6.27. The standard InChI is InChI=1S/C22H34N4O3/c1-16-9-10-19(21(14-16)28-13-7-12-27-5)15-25-22(23-4)24-11-6-8-20-17(2)26-29-18(20)3/h9-10,14H,6-8,11-13,15H2,1-5H3,(H2,23,24,25). The van der Waals surface area contributed by atoms with Gasteiger partial charge in [-0.05, 0) is 45.2 Å². The minimum absolute atomic E-state index is 0.638. The zero-order valence-electron chi connectivity index (χ0n) is 18.3. The largest absolute Gasteiger partial charge is 0.493 e. The number of methoxy groups -OCH3 is 1. The molecule has 7 nitrogen and oxygen atoms in total. The molecule has 0 saturated heterocycles. The molecule has 0 aliphatic rings. The van der Waals surface area contributed by atoms with Crippen LogP contribution in [0.25, 0.3) is 0 Å². The first-order valence-corrected chi connectivity index (χ1v) is 10.1. The van der Waals surface area contributed by atoms with Gasteiger partial charge in [-0.3, -0.25) is 4.99 Å². The molecule has 0 fully saturated rings. The van der Waals surface area contributed by atoms with E-state index in [1.807, 2.05) is 13.8 Å². The molecule has 2 rings (SSSR count). The SMILES string of the molecule is CN=C(NCCCc1c(C)noc1C)NCc1ccc(C)cc1OCCCOC. The lowest BCUT2D eigenvalue weighted by Crippen LogP contribution is -2.37. The highest BCUT2D eigenvalue weighted by atomic mass is 16.5. The summed E-state index contributed by atoms with van der Waals surface area (Å²) >= 11 is 0. The summed E-state index contributed by atoms with van der Waals surface area (Å²) in [5.74, 6) is 2.58. The van der Waals surface area contributed by atoms with Crippen LogP contribution >= 0.6 is 0 Å². The molecule has 1 heterocycles. The van der Waals surface area contributed by atoms with Crippen molar-refractivity contribution in [1.29, 1.82) is 0 Å². The Bertz CT molecular complexity index is 767. The van der Waals surface area contributed by atoms with Crippen molar-refractivity contribution in [3.8, 4) is 5.75 Å². The van der Waals surface area contributed by atoms with Gasteiger partial charge in [-0.2, -0.15) is 0 Å². The molecule has 0 saturated carbocycles. The topological polar surface area (TPSA) is 80.9 Å². The fourth-order valence-electron chi connectivity index (χ4n) is 3.06. The Kier molecular flexibility index (Phi) is 9.50. The fraction of sp³-hybridized carbons (Fsp3) is 0.545. The number of guanidine groups is 1. The molecule has 0 amide bonds. The van der Waals surface area contributed by atoms with Gasteiger partial charge >= 0.3 is 0 Å². The highest BCUT2D eigenvalue weighted by Crippen LogP contribution is 2.20. The number of nitrogens with zero attached hydrogens (tertiary/aromatic N) is 2. The van der Waals surface area contributed by atoms with E-state index in [0.717, 1.165) is 54.5 Å². The molecule has 0 aliphatic carbocycles. The van der Waals surface area contributed by atoms with E-state index in [4.69, 9.17) is 14.0 Å². The van der Waals surface area contributed by atoms with Gasteiger partial charge in [-0.1, -0.05) is 17.3 Å². The van der Waals surface area contributed by atoms with E-state index < -0.39 is 0 Å². The van der Waals surface area contributed by atoms with Gasteiger partial charge in [0, 0.05) is 51.4 Å². The molecule has 160 valence electrons. The second kappa shape index (κ2) is 12.1. The smallest absolute Gasteiger partial charge is 0.191 e. The first kappa shape index (κ1) is 22.7. The maximum atomic E-state index is 5.95. The number of rotatable bonds is 11. The molecule has 0 atom stereocenters. The van der Waals surface area contributed by atoms with Crippen molar-refractivity contribution in [3.05, 3.63) is 46.3 Å². The van der Waals surface area contributed by atoms with Gasteiger partial charge < -0.3 is 24.6 Å². The molecule has 7 heteroatoms. The number of nitrogens with one attached hydrogen (secondary N) is 2. The van der Waals surface area contributed by atoms with Crippen LogP contribution in [0.5, 0.6) is 5.75 Å². The van der Waals surface area contributed by atoms with Gasteiger partial charge in [0.15, 0.2) is 5.96 Å². The summed E-state index contributed by atoms with van der Waals surface area (Å²) in [6.07, 6.45) is 2.77. The van der Waals surface area contributed by atoms with Crippen LogP contribution in [0.3, 0.4) is 0 Å². The third-order valence-electron chi connectivity index (χ3n) is 4.72. The Morgan fingerprint density at radius 2 is 1.97 bits per heavy atom. The lowest BCUT2D eigenvalue weighted by Gasteiger charge is -2.15. The summed E-state index contributed by atoms with van der Waals surface area (Å²) in [5, 5.41) is 10.7. The first-order chi connectivity index (χ1) is 14.0. The van der Waals surface area contributed by atoms with Crippen LogP contribution in [0.1, 0.15) is 41.0 Å². The van der Waals surface area contributed by atoms with Crippen LogP contribution in [0, 0.1) is 20.8 Å². The maximum Gasteiger partial charge on any atom is 0.191 e. The number of aliphatic imine (C=N–C) groups is 1. The number of hydrogen-bond donors (Lipinski definition) is 2. The molecule has 0 spiro atoms. The number of benzene rings is 1. The Balaban J connectivity index is 1.81. The molecular weight excluding hydrogens is 368 g/mol. The van der Waals surface area contributed by atoms with E-state index >= 15 is 0 Å². The van der Waals surface area contributed by atoms with Crippen LogP contribution in [0.4, 0.5) is 0 Å². The highest BCUT2D eigenvalue weighted by molar-refractivity contribution is 5.79. The molecule has 1 aromatic carbocycles. The number of ether oxygens (including phenoxy) is 2. The van der Waals surface area contributed by atoms with Crippen LogP contribution in [-0.2, 0) is 17.7 Å². The molecule has 2 N–H and O–H groups in total. The zero-order chi connectivity index (χ0) is 21.1. The summed E-state index contributed by atoms with van der Waals surface area (Å²) < 4.78 is 16.3. The van der Waals surface area contributed by atoms with E-state index in [0.29, 0.717) is 19.8 Å². The molecule has 1 aromatic heterocycles. The van der Waals surface area contributed by atoms with Gasteiger partial charge in [0.05, 0.1) is 12.3 Å². The summed E-state index contributed by atoms with van der Waals surface area (Å²) in [4.78, 5) is 4.31. The van der Waals surface area contributed by atoms with E-state index in [9.17, 15) is 0 Å². The molecular formula is C22H34N4O3. The second-order valence-electron chi connectivity index (χ2n) is 7.06. The third kappa shape index (κ3) is 7.42. The fourth-order valence-corrected chi connectivity index (χ4v) is 3.06. The monoisotopic (exact) mass is 402 g/mol. The van der Waals surface area contributed by atoms with Crippen molar-refractivity contribution < 1.29 is 14.0 Å². The van der Waals surface area contributed by atoms with Crippen molar-refractivity contribution in [2.45, 2.75) is 46.6 Å². The Morgan fingerprint density at radius 1 is 1.14 bits per heavy atom. The summed E-state index contributed by atoms with van der Waals surface area (Å²) in [7, 11) is 3.48. The predicted octanol–water partition coefficient (Wildman–Crippen LogP) is 3.31. The van der Waals surface area contributed by atoms with Crippen LogP contribution < -0.4 is 15.4 Å². The zero-order valence-corrected chi connectivity index (χ0v) is 18.3. The van der Waals surface area contributed by atoms with E-state index in [-0.39, 0.29) is 0 Å². The van der Waals surface area contributed by atoms with Crippen molar-refractivity contribution >= 4 is 5.96 Å². The van der Waals surface area contributed by atoms with Crippen LogP contribution in [-0.4, -0.2) is 45.0 Å². The first-order valence-electron chi connectivity index (χ1n) is 10.1. The number of aryl methyl sites for hydroxylation is 3.